The van der Waals surface area contributed by atoms with Gasteiger partial charge in [0.05, 0.1) is 10.6 Å². The number of rotatable bonds is 4. The third kappa shape index (κ3) is 3.90. The SMILES string of the molecule is Cc1cc(/C=C2/SC(=O)N(CC3CCCCC3)C2=O)c(C)n1-c1ccccc1F. The molecule has 1 aliphatic carbocycles. The Hall–Kier alpha value is -2.34. The number of halogens is 1. The Kier molecular flexibility index (Phi) is 5.63. The molecule has 0 bridgehead atoms. The summed E-state index contributed by atoms with van der Waals surface area (Å²) in [6.07, 6.45) is 7.55. The van der Waals surface area contributed by atoms with Gasteiger partial charge in [-0.25, -0.2) is 4.39 Å². The van der Waals surface area contributed by atoms with Gasteiger partial charge in [0.15, 0.2) is 0 Å². The Labute approximate surface area is 174 Å². The predicted octanol–water partition coefficient (Wildman–Crippen LogP) is 5.85. The predicted molar refractivity (Wildman–Crippen MR) is 114 cm³/mol. The van der Waals surface area contributed by atoms with Crippen LogP contribution in [0, 0.1) is 25.6 Å². The molecule has 4 rings (SSSR count). The lowest BCUT2D eigenvalue weighted by molar-refractivity contribution is -0.123. The first-order valence-corrected chi connectivity index (χ1v) is 11.0. The zero-order valence-electron chi connectivity index (χ0n) is 16.8. The summed E-state index contributed by atoms with van der Waals surface area (Å²) in [6, 6.07) is 8.56. The number of hydrogen-bond acceptors (Lipinski definition) is 3. The van der Waals surface area contributed by atoms with E-state index < -0.39 is 0 Å². The molecule has 152 valence electrons. The molecule has 0 atom stereocenters. The monoisotopic (exact) mass is 412 g/mol. The van der Waals surface area contributed by atoms with Crippen molar-refractivity contribution in [1.29, 1.82) is 0 Å². The fraction of sp³-hybridized carbons (Fsp3) is 0.391. The number of carbonyl (C=O) groups excluding carboxylic acids is 2. The second-order valence-corrected chi connectivity index (χ2v) is 8.90. The molecule has 0 spiro atoms. The van der Waals surface area contributed by atoms with E-state index in [-0.39, 0.29) is 17.0 Å². The normalized spacial score (nSPS) is 19.6. The highest BCUT2D eigenvalue weighted by Gasteiger charge is 2.36. The molecule has 1 saturated carbocycles. The van der Waals surface area contributed by atoms with Crippen molar-refractivity contribution in [1.82, 2.24) is 9.47 Å². The van der Waals surface area contributed by atoms with Crippen LogP contribution in [0.25, 0.3) is 11.8 Å². The average Bonchev–Trinajstić information content (AvgIpc) is 3.13. The van der Waals surface area contributed by atoms with E-state index in [0.717, 1.165) is 41.6 Å². The van der Waals surface area contributed by atoms with Crippen LogP contribution in [-0.2, 0) is 4.79 Å². The minimum absolute atomic E-state index is 0.185. The minimum Gasteiger partial charge on any atom is -0.315 e. The average molecular weight is 413 g/mol. The molecular formula is C23H25FN2O2S. The molecule has 2 amide bonds. The number of imide groups is 1. The topological polar surface area (TPSA) is 42.3 Å². The van der Waals surface area contributed by atoms with E-state index in [1.165, 1.54) is 30.2 Å². The summed E-state index contributed by atoms with van der Waals surface area (Å²) in [5, 5.41) is -0.185. The van der Waals surface area contributed by atoms with Crippen LogP contribution >= 0.6 is 11.8 Å². The molecule has 0 radical (unpaired) electrons. The lowest BCUT2D eigenvalue weighted by atomic mass is 9.89. The second-order valence-electron chi connectivity index (χ2n) is 7.91. The molecular weight excluding hydrogens is 387 g/mol. The van der Waals surface area contributed by atoms with Crippen LogP contribution in [0.1, 0.15) is 49.1 Å². The van der Waals surface area contributed by atoms with Gasteiger partial charge in [0.1, 0.15) is 5.82 Å². The van der Waals surface area contributed by atoms with Crippen molar-refractivity contribution in [3.63, 3.8) is 0 Å². The van der Waals surface area contributed by atoms with Crippen molar-refractivity contribution >= 4 is 29.0 Å². The van der Waals surface area contributed by atoms with E-state index in [1.54, 1.807) is 24.3 Å². The molecule has 0 N–H and O–H groups in total. The third-order valence-corrected chi connectivity index (χ3v) is 6.80. The van der Waals surface area contributed by atoms with Gasteiger partial charge >= 0.3 is 0 Å². The van der Waals surface area contributed by atoms with Crippen molar-refractivity contribution in [2.45, 2.75) is 46.0 Å². The highest BCUT2D eigenvalue weighted by molar-refractivity contribution is 8.18. The van der Waals surface area contributed by atoms with E-state index in [9.17, 15) is 14.0 Å². The lowest BCUT2D eigenvalue weighted by Gasteiger charge is -2.25. The fourth-order valence-electron chi connectivity index (χ4n) is 4.36. The first-order valence-electron chi connectivity index (χ1n) is 10.1. The van der Waals surface area contributed by atoms with Crippen molar-refractivity contribution < 1.29 is 14.0 Å². The molecule has 4 nitrogen and oxygen atoms in total. The molecule has 2 fully saturated rings. The number of thioether (sulfide) groups is 1. The van der Waals surface area contributed by atoms with E-state index in [1.807, 2.05) is 24.5 Å². The van der Waals surface area contributed by atoms with Gasteiger partial charge in [-0.1, -0.05) is 31.4 Å². The Morgan fingerprint density at radius 1 is 1.14 bits per heavy atom. The van der Waals surface area contributed by atoms with Gasteiger partial charge in [-0.15, -0.1) is 0 Å². The Morgan fingerprint density at radius 3 is 2.59 bits per heavy atom. The molecule has 2 aliphatic rings. The van der Waals surface area contributed by atoms with Gasteiger partial charge in [-0.2, -0.15) is 0 Å². The van der Waals surface area contributed by atoms with Gasteiger partial charge in [-0.05, 0) is 74.2 Å². The summed E-state index contributed by atoms with van der Waals surface area (Å²) in [4.78, 5) is 27.2. The smallest absolute Gasteiger partial charge is 0.293 e. The molecule has 1 saturated heterocycles. The highest BCUT2D eigenvalue weighted by Crippen LogP contribution is 2.36. The summed E-state index contributed by atoms with van der Waals surface area (Å²) in [6.45, 7) is 4.33. The van der Waals surface area contributed by atoms with Gasteiger partial charge in [0.2, 0.25) is 0 Å². The number of nitrogens with zero attached hydrogens (tertiary/aromatic N) is 2. The summed E-state index contributed by atoms with van der Waals surface area (Å²) >= 11 is 1.00. The van der Waals surface area contributed by atoms with Crippen molar-refractivity contribution in [3.8, 4) is 5.69 Å². The number of aryl methyl sites for hydroxylation is 1. The highest BCUT2D eigenvalue weighted by atomic mass is 32.2. The van der Waals surface area contributed by atoms with Crippen LogP contribution in [-0.4, -0.2) is 27.2 Å². The van der Waals surface area contributed by atoms with Gasteiger partial charge in [0, 0.05) is 17.9 Å². The third-order valence-electron chi connectivity index (χ3n) is 5.89. The van der Waals surface area contributed by atoms with Gasteiger partial charge < -0.3 is 4.57 Å². The molecule has 2 heterocycles. The van der Waals surface area contributed by atoms with Crippen molar-refractivity contribution in [3.05, 3.63) is 58.0 Å². The molecule has 1 aliphatic heterocycles. The quantitative estimate of drug-likeness (QED) is 0.592. The van der Waals surface area contributed by atoms with Crippen molar-refractivity contribution in [2.24, 2.45) is 5.92 Å². The van der Waals surface area contributed by atoms with Crippen LogP contribution in [0.4, 0.5) is 9.18 Å². The number of amides is 2. The number of benzene rings is 1. The molecule has 1 aromatic heterocycles. The number of carbonyl (C=O) groups is 2. The second kappa shape index (κ2) is 8.19. The first kappa shape index (κ1) is 20.0. The van der Waals surface area contributed by atoms with Crippen LogP contribution < -0.4 is 0 Å². The van der Waals surface area contributed by atoms with E-state index in [4.69, 9.17) is 0 Å². The van der Waals surface area contributed by atoms with Crippen molar-refractivity contribution in [2.75, 3.05) is 6.54 Å². The van der Waals surface area contributed by atoms with Crippen LogP contribution in [0.2, 0.25) is 0 Å². The maximum Gasteiger partial charge on any atom is 0.293 e. The Morgan fingerprint density at radius 2 is 1.86 bits per heavy atom. The Balaban J connectivity index is 1.60. The Bertz CT molecular complexity index is 989. The zero-order chi connectivity index (χ0) is 20.5. The zero-order valence-corrected chi connectivity index (χ0v) is 17.6. The maximum atomic E-state index is 14.3. The number of hydrogen-bond donors (Lipinski definition) is 0. The number of para-hydroxylation sites is 1. The van der Waals surface area contributed by atoms with Gasteiger partial charge in [-0.3, -0.25) is 14.5 Å². The summed E-state index contributed by atoms with van der Waals surface area (Å²) in [5.74, 6) is -0.0855. The molecule has 1 aromatic carbocycles. The van der Waals surface area contributed by atoms with E-state index >= 15 is 0 Å². The summed E-state index contributed by atoms with van der Waals surface area (Å²) in [7, 11) is 0. The van der Waals surface area contributed by atoms with Crippen LogP contribution in [0.5, 0.6) is 0 Å². The van der Waals surface area contributed by atoms with Crippen LogP contribution in [0.3, 0.4) is 0 Å². The largest absolute Gasteiger partial charge is 0.315 e. The minimum atomic E-state index is -0.298. The van der Waals surface area contributed by atoms with Gasteiger partial charge in [0.25, 0.3) is 11.1 Å². The van der Waals surface area contributed by atoms with E-state index in [2.05, 4.69) is 0 Å². The molecule has 2 aromatic rings. The number of aromatic nitrogens is 1. The molecule has 0 unspecified atom stereocenters. The first-order chi connectivity index (χ1) is 14.0. The van der Waals surface area contributed by atoms with E-state index in [0.29, 0.717) is 23.1 Å². The fourth-order valence-corrected chi connectivity index (χ4v) is 5.20. The molecule has 29 heavy (non-hydrogen) atoms. The summed E-state index contributed by atoms with van der Waals surface area (Å²) in [5.41, 5.74) is 3.02. The summed E-state index contributed by atoms with van der Waals surface area (Å²) < 4.78 is 16.1. The maximum absolute atomic E-state index is 14.3. The molecule has 6 heteroatoms. The van der Waals surface area contributed by atoms with Crippen LogP contribution in [0.15, 0.2) is 35.2 Å². The lowest BCUT2D eigenvalue weighted by Crippen LogP contribution is -2.34. The standard InChI is InChI=1S/C23H25FN2O2S/c1-15-12-18(16(2)26(15)20-11-7-6-10-19(20)24)13-21-22(27)25(23(28)29-21)14-17-8-4-3-5-9-17/h6-7,10-13,17H,3-5,8-9,14H2,1-2H3/b21-13+.